The Morgan fingerprint density at radius 2 is 2.23 bits per heavy atom. The van der Waals surface area contributed by atoms with Crippen molar-refractivity contribution in [2.24, 2.45) is 0 Å². The van der Waals surface area contributed by atoms with Crippen molar-refractivity contribution in [2.75, 3.05) is 18.1 Å². The average Bonchev–Trinajstić information content (AvgIpc) is 2.09. The van der Waals surface area contributed by atoms with Gasteiger partial charge in [0, 0.05) is 6.04 Å². The standard InChI is InChI=1S/C7H13NO4S/c9-7(10)4-6-5-13(11,12)3-1-2-8-6/h6,8H,1-5H2,(H,9,10). The van der Waals surface area contributed by atoms with Crippen LogP contribution in [-0.4, -0.2) is 43.6 Å². The molecule has 1 aliphatic heterocycles. The summed E-state index contributed by atoms with van der Waals surface area (Å²) in [6.45, 7) is 0.581. The van der Waals surface area contributed by atoms with E-state index < -0.39 is 21.8 Å². The molecule has 0 radical (unpaired) electrons. The summed E-state index contributed by atoms with van der Waals surface area (Å²) < 4.78 is 22.5. The van der Waals surface area contributed by atoms with E-state index in [1.807, 2.05) is 0 Å². The third-order valence-electron chi connectivity index (χ3n) is 1.94. The van der Waals surface area contributed by atoms with Gasteiger partial charge in [-0.2, -0.15) is 0 Å². The van der Waals surface area contributed by atoms with Crippen molar-refractivity contribution in [3.8, 4) is 0 Å². The van der Waals surface area contributed by atoms with E-state index in [9.17, 15) is 13.2 Å². The lowest BCUT2D eigenvalue weighted by molar-refractivity contribution is -0.137. The Balaban J connectivity index is 2.60. The van der Waals surface area contributed by atoms with Crippen LogP contribution in [0.25, 0.3) is 0 Å². The van der Waals surface area contributed by atoms with Gasteiger partial charge >= 0.3 is 5.97 Å². The Bertz CT molecular complexity index is 285. The largest absolute Gasteiger partial charge is 0.481 e. The summed E-state index contributed by atoms with van der Waals surface area (Å²) in [5, 5.41) is 11.4. The van der Waals surface area contributed by atoms with Gasteiger partial charge in [-0.15, -0.1) is 0 Å². The van der Waals surface area contributed by atoms with Crippen molar-refractivity contribution in [1.29, 1.82) is 0 Å². The van der Waals surface area contributed by atoms with Crippen LogP contribution in [-0.2, 0) is 14.6 Å². The zero-order valence-corrected chi connectivity index (χ0v) is 8.01. The summed E-state index contributed by atoms with van der Waals surface area (Å²) in [7, 11) is -3.04. The molecule has 2 N–H and O–H groups in total. The van der Waals surface area contributed by atoms with Gasteiger partial charge in [0.2, 0.25) is 0 Å². The van der Waals surface area contributed by atoms with Crippen molar-refractivity contribution >= 4 is 15.8 Å². The fourth-order valence-electron chi connectivity index (χ4n) is 1.39. The fourth-order valence-corrected chi connectivity index (χ4v) is 2.99. The molecule has 1 aliphatic rings. The molecule has 0 aliphatic carbocycles. The van der Waals surface area contributed by atoms with Crippen molar-refractivity contribution in [3.05, 3.63) is 0 Å². The number of aliphatic carboxylic acids is 1. The minimum atomic E-state index is -3.04. The van der Waals surface area contributed by atoms with Crippen LogP contribution in [0.5, 0.6) is 0 Å². The second-order valence-corrected chi connectivity index (χ2v) is 5.45. The lowest BCUT2D eigenvalue weighted by Gasteiger charge is -2.11. The van der Waals surface area contributed by atoms with E-state index in [4.69, 9.17) is 5.11 Å². The summed E-state index contributed by atoms with van der Waals surface area (Å²) in [5.74, 6) is -0.857. The number of hydrogen-bond acceptors (Lipinski definition) is 4. The van der Waals surface area contributed by atoms with E-state index >= 15 is 0 Å². The maximum Gasteiger partial charge on any atom is 0.304 e. The zero-order chi connectivity index (χ0) is 9.90. The number of hydrogen-bond donors (Lipinski definition) is 2. The lowest BCUT2D eigenvalue weighted by Crippen LogP contribution is -2.35. The molecule has 0 bridgehead atoms. The topological polar surface area (TPSA) is 83.5 Å². The third kappa shape index (κ3) is 3.73. The Hall–Kier alpha value is -0.620. The van der Waals surface area contributed by atoms with E-state index in [1.54, 1.807) is 0 Å². The van der Waals surface area contributed by atoms with Crippen molar-refractivity contribution in [2.45, 2.75) is 18.9 Å². The molecule has 1 rings (SSSR count). The normalized spacial score (nSPS) is 27.8. The molecular weight excluding hydrogens is 194 g/mol. The van der Waals surface area contributed by atoms with Crippen LogP contribution in [0.2, 0.25) is 0 Å². The quantitative estimate of drug-likeness (QED) is 0.621. The first-order chi connectivity index (χ1) is 5.99. The van der Waals surface area contributed by atoms with Crippen LogP contribution in [0.3, 0.4) is 0 Å². The van der Waals surface area contributed by atoms with Gasteiger partial charge in [-0.1, -0.05) is 0 Å². The van der Waals surface area contributed by atoms with Gasteiger partial charge in [0.15, 0.2) is 9.84 Å². The number of carbonyl (C=O) groups is 1. The maximum absolute atomic E-state index is 11.2. The predicted molar refractivity (Wildman–Crippen MR) is 47.3 cm³/mol. The Labute approximate surface area is 77.1 Å². The molecule has 0 aromatic rings. The first-order valence-corrected chi connectivity index (χ1v) is 5.97. The molecular formula is C7H13NO4S. The zero-order valence-electron chi connectivity index (χ0n) is 7.19. The SMILES string of the molecule is O=C(O)CC1CS(=O)(=O)CCCN1. The molecule has 13 heavy (non-hydrogen) atoms. The van der Waals surface area contributed by atoms with Crippen LogP contribution < -0.4 is 5.32 Å². The van der Waals surface area contributed by atoms with Gasteiger partial charge in [0.05, 0.1) is 17.9 Å². The number of nitrogens with one attached hydrogen (secondary N) is 1. The Kier molecular flexibility index (Phi) is 3.27. The number of sulfone groups is 1. The summed E-state index contributed by atoms with van der Waals surface area (Å²) >= 11 is 0. The van der Waals surface area contributed by atoms with E-state index in [1.165, 1.54) is 0 Å². The second-order valence-electron chi connectivity index (χ2n) is 3.22. The molecule has 1 atom stereocenters. The smallest absolute Gasteiger partial charge is 0.304 e. The van der Waals surface area contributed by atoms with Crippen LogP contribution in [0.1, 0.15) is 12.8 Å². The molecule has 6 heteroatoms. The summed E-state index contributed by atoms with van der Waals surface area (Å²) in [5.41, 5.74) is 0. The van der Waals surface area contributed by atoms with Gasteiger partial charge < -0.3 is 10.4 Å². The number of carboxylic acid groups (broad SMARTS) is 1. The molecule has 1 fully saturated rings. The van der Waals surface area contributed by atoms with Gasteiger partial charge in [0.25, 0.3) is 0 Å². The van der Waals surface area contributed by atoms with Crippen LogP contribution in [0.15, 0.2) is 0 Å². The minimum absolute atomic E-state index is 0.0563. The lowest BCUT2D eigenvalue weighted by atomic mass is 10.2. The molecule has 76 valence electrons. The van der Waals surface area contributed by atoms with E-state index in [0.29, 0.717) is 13.0 Å². The average molecular weight is 207 g/mol. The highest BCUT2D eigenvalue weighted by atomic mass is 32.2. The third-order valence-corrected chi connectivity index (χ3v) is 3.76. The molecule has 1 heterocycles. The molecule has 0 spiro atoms. The summed E-state index contributed by atoms with van der Waals surface area (Å²) in [6, 6.07) is -0.426. The molecule has 0 aromatic heterocycles. The van der Waals surface area contributed by atoms with Gasteiger partial charge in [-0.25, -0.2) is 8.42 Å². The van der Waals surface area contributed by atoms with Gasteiger partial charge in [-0.3, -0.25) is 4.79 Å². The van der Waals surface area contributed by atoms with Gasteiger partial charge in [0.1, 0.15) is 0 Å². The fraction of sp³-hybridized carbons (Fsp3) is 0.857. The summed E-state index contributed by atoms with van der Waals surface area (Å²) in [6.07, 6.45) is 0.442. The molecule has 0 amide bonds. The van der Waals surface area contributed by atoms with E-state index in [-0.39, 0.29) is 17.9 Å². The highest BCUT2D eigenvalue weighted by molar-refractivity contribution is 7.91. The maximum atomic E-state index is 11.2. The van der Waals surface area contributed by atoms with Crippen LogP contribution in [0.4, 0.5) is 0 Å². The van der Waals surface area contributed by atoms with Crippen molar-refractivity contribution in [1.82, 2.24) is 5.32 Å². The predicted octanol–water partition coefficient (Wildman–Crippen LogP) is -0.762. The Morgan fingerprint density at radius 3 is 2.85 bits per heavy atom. The highest BCUT2D eigenvalue weighted by Crippen LogP contribution is 2.05. The molecule has 0 aromatic carbocycles. The first kappa shape index (κ1) is 10.5. The van der Waals surface area contributed by atoms with Crippen LogP contribution >= 0.6 is 0 Å². The molecule has 1 saturated heterocycles. The molecule has 1 unspecified atom stereocenters. The van der Waals surface area contributed by atoms with E-state index in [2.05, 4.69) is 5.32 Å². The number of carboxylic acids is 1. The first-order valence-electron chi connectivity index (χ1n) is 4.15. The van der Waals surface area contributed by atoms with Crippen molar-refractivity contribution in [3.63, 3.8) is 0 Å². The van der Waals surface area contributed by atoms with Crippen molar-refractivity contribution < 1.29 is 18.3 Å². The monoisotopic (exact) mass is 207 g/mol. The Morgan fingerprint density at radius 1 is 1.54 bits per heavy atom. The summed E-state index contributed by atoms with van der Waals surface area (Å²) in [4.78, 5) is 10.4. The highest BCUT2D eigenvalue weighted by Gasteiger charge is 2.23. The number of rotatable bonds is 2. The molecule has 5 nitrogen and oxygen atoms in total. The minimum Gasteiger partial charge on any atom is -0.481 e. The van der Waals surface area contributed by atoms with E-state index in [0.717, 1.165) is 0 Å². The van der Waals surface area contributed by atoms with Crippen LogP contribution in [0, 0.1) is 0 Å². The van der Waals surface area contributed by atoms with Gasteiger partial charge in [-0.05, 0) is 13.0 Å². The second kappa shape index (κ2) is 4.06. The molecule has 0 saturated carbocycles.